The summed E-state index contributed by atoms with van der Waals surface area (Å²) in [4.78, 5) is 14.0. The second-order valence-electron chi connectivity index (χ2n) is 7.02. The number of thioether (sulfide) groups is 1. The third-order valence-corrected chi connectivity index (χ3v) is 6.75. The standard InChI is InChI=1S/C18H26F3N3O3S2/c1-28-10-8-16(23-29(26,27)15-5-3-2-4-6-15)17(25)22-11-14-7-9-24(12-14)13-18(19,20)21/h2-6,14,16,23H,7-13H2,1H3,(H,22,25)/t14-,16-/m0/s1. The van der Waals surface area contributed by atoms with E-state index in [4.69, 9.17) is 0 Å². The van der Waals surface area contributed by atoms with Gasteiger partial charge in [0.2, 0.25) is 15.9 Å². The second-order valence-corrected chi connectivity index (χ2v) is 9.72. The summed E-state index contributed by atoms with van der Waals surface area (Å²) in [5, 5.41) is 2.71. The summed E-state index contributed by atoms with van der Waals surface area (Å²) in [6.45, 7) is -0.151. The van der Waals surface area contributed by atoms with Crippen molar-refractivity contribution in [3.05, 3.63) is 30.3 Å². The Kier molecular flexibility index (Phi) is 8.80. The smallest absolute Gasteiger partial charge is 0.354 e. The van der Waals surface area contributed by atoms with Gasteiger partial charge in [-0.1, -0.05) is 18.2 Å². The Morgan fingerprint density at radius 3 is 2.62 bits per heavy atom. The molecule has 0 saturated carbocycles. The van der Waals surface area contributed by atoms with Crippen molar-refractivity contribution in [2.45, 2.75) is 30.0 Å². The summed E-state index contributed by atoms with van der Waals surface area (Å²) in [6.07, 6.45) is -1.52. The molecule has 0 unspecified atom stereocenters. The highest BCUT2D eigenvalue weighted by Gasteiger charge is 2.34. The Hall–Kier alpha value is -1.30. The topological polar surface area (TPSA) is 78.5 Å². The second kappa shape index (κ2) is 10.6. The van der Waals surface area contributed by atoms with Gasteiger partial charge in [-0.15, -0.1) is 0 Å². The van der Waals surface area contributed by atoms with E-state index in [0.717, 1.165) is 0 Å². The van der Waals surface area contributed by atoms with Gasteiger partial charge < -0.3 is 5.32 Å². The molecular formula is C18H26F3N3O3S2. The van der Waals surface area contributed by atoms with Gasteiger partial charge in [-0.2, -0.15) is 29.7 Å². The van der Waals surface area contributed by atoms with Crippen molar-refractivity contribution in [2.75, 3.05) is 38.2 Å². The third-order valence-electron chi connectivity index (χ3n) is 4.62. The van der Waals surface area contributed by atoms with Gasteiger partial charge in [0.1, 0.15) is 6.04 Å². The van der Waals surface area contributed by atoms with E-state index < -0.39 is 34.7 Å². The molecule has 1 amide bonds. The molecule has 1 aliphatic rings. The molecule has 2 N–H and O–H groups in total. The van der Waals surface area contributed by atoms with Crippen LogP contribution in [0.5, 0.6) is 0 Å². The fraction of sp³-hybridized carbons (Fsp3) is 0.611. The normalized spacial score (nSPS) is 19.2. The maximum atomic E-state index is 12.6. The summed E-state index contributed by atoms with van der Waals surface area (Å²) >= 11 is 1.49. The Labute approximate surface area is 173 Å². The van der Waals surface area contributed by atoms with Gasteiger partial charge in [-0.3, -0.25) is 9.69 Å². The molecule has 1 saturated heterocycles. The summed E-state index contributed by atoms with van der Waals surface area (Å²) in [6, 6.07) is 6.83. The predicted octanol–water partition coefficient (Wildman–Crippen LogP) is 2.09. The van der Waals surface area contributed by atoms with Crippen molar-refractivity contribution in [2.24, 2.45) is 5.92 Å². The van der Waals surface area contributed by atoms with Crippen molar-refractivity contribution in [3.63, 3.8) is 0 Å². The zero-order valence-electron chi connectivity index (χ0n) is 16.1. The van der Waals surface area contributed by atoms with Crippen molar-refractivity contribution >= 4 is 27.7 Å². The molecule has 2 rings (SSSR count). The van der Waals surface area contributed by atoms with Gasteiger partial charge in [0.05, 0.1) is 11.4 Å². The molecule has 0 spiro atoms. The van der Waals surface area contributed by atoms with Crippen LogP contribution in [-0.2, 0) is 14.8 Å². The molecule has 2 atom stereocenters. The molecule has 1 aromatic rings. The number of amides is 1. The number of hydrogen-bond donors (Lipinski definition) is 2. The fourth-order valence-electron chi connectivity index (χ4n) is 3.18. The van der Waals surface area contributed by atoms with Crippen LogP contribution >= 0.6 is 11.8 Å². The Balaban J connectivity index is 1.92. The molecular weight excluding hydrogens is 427 g/mol. The van der Waals surface area contributed by atoms with Crippen LogP contribution in [0, 0.1) is 5.92 Å². The van der Waals surface area contributed by atoms with Crippen LogP contribution in [0.25, 0.3) is 0 Å². The minimum Gasteiger partial charge on any atom is -0.354 e. The average molecular weight is 454 g/mol. The molecule has 164 valence electrons. The summed E-state index contributed by atoms with van der Waals surface area (Å²) < 4.78 is 65.0. The highest BCUT2D eigenvalue weighted by atomic mass is 32.2. The van der Waals surface area contributed by atoms with E-state index >= 15 is 0 Å². The van der Waals surface area contributed by atoms with Gasteiger partial charge in [0.15, 0.2) is 0 Å². The number of sulfonamides is 1. The minimum atomic E-state index is -4.24. The lowest BCUT2D eigenvalue weighted by Crippen LogP contribution is -2.48. The number of hydrogen-bond acceptors (Lipinski definition) is 5. The molecule has 1 fully saturated rings. The van der Waals surface area contributed by atoms with E-state index in [1.54, 1.807) is 18.2 Å². The number of nitrogens with zero attached hydrogens (tertiary/aromatic N) is 1. The van der Waals surface area contributed by atoms with Gasteiger partial charge >= 0.3 is 6.18 Å². The van der Waals surface area contributed by atoms with Crippen LogP contribution in [0.15, 0.2) is 35.2 Å². The molecule has 1 aliphatic heterocycles. The van der Waals surface area contributed by atoms with Crippen LogP contribution in [0.2, 0.25) is 0 Å². The fourth-order valence-corrected chi connectivity index (χ4v) is 4.90. The quantitative estimate of drug-likeness (QED) is 0.567. The molecule has 11 heteroatoms. The summed E-state index contributed by atoms with van der Waals surface area (Å²) in [5.41, 5.74) is 0. The van der Waals surface area contributed by atoms with Gasteiger partial charge in [-0.05, 0) is 49.4 Å². The monoisotopic (exact) mass is 453 g/mol. The molecule has 1 aromatic carbocycles. The van der Waals surface area contributed by atoms with Crippen LogP contribution in [0.1, 0.15) is 12.8 Å². The van der Waals surface area contributed by atoms with Crippen LogP contribution < -0.4 is 10.0 Å². The number of carbonyl (C=O) groups is 1. The number of alkyl halides is 3. The lowest BCUT2D eigenvalue weighted by molar-refractivity contribution is -0.143. The summed E-state index contributed by atoms with van der Waals surface area (Å²) in [5.74, 6) is 0.0270. The lowest BCUT2D eigenvalue weighted by atomic mass is 10.1. The van der Waals surface area contributed by atoms with E-state index in [-0.39, 0.29) is 23.9 Å². The molecule has 0 radical (unpaired) electrons. The zero-order valence-corrected chi connectivity index (χ0v) is 17.7. The van der Waals surface area contributed by atoms with E-state index in [9.17, 15) is 26.4 Å². The molecule has 1 heterocycles. The molecule has 29 heavy (non-hydrogen) atoms. The maximum absolute atomic E-state index is 12.6. The number of rotatable bonds is 10. The first-order chi connectivity index (χ1) is 13.6. The minimum absolute atomic E-state index is 0.0699. The Morgan fingerprint density at radius 2 is 2.00 bits per heavy atom. The van der Waals surface area contributed by atoms with Crippen molar-refractivity contribution in [1.29, 1.82) is 0 Å². The molecule has 0 bridgehead atoms. The molecule has 0 aromatic heterocycles. The first-order valence-electron chi connectivity index (χ1n) is 9.24. The van der Waals surface area contributed by atoms with Gasteiger partial charge in [-0.25, -0.2) is 8.42 Å². The number of benzene rings is 1. The maximum Gasteiger partial charge on any atom is 0.401 e. The highest BCUT2D eigenvalue weighted by molar-refractivity contribution is 7.98. The number of carbonyl (C=O) groups excluding carboxylic acids is 1. The number of likely N-dealkylation sites (tertiary alicyclic amines) is 1. The number of halogens is 3. The third kappa shape index (κ3) is 8.15. The predicted molar refractivity (Wildman–Crippen MR) is 107 cm³/mol. The first kappa shape index (κ1) is 24.0. The van der Waals surface area contributed by atoms with Crippen molar-refractivity contribution in [1.82, 2.24) is 14.9 Å². The Bertz CT molecular complexity index is 761. The lowest BCUT2D eigenvalue weighted by Gasteiger charge is -2.20. The Morgan fingerprint density at radius 1 is 1.31 bits per heavy atom. The summed E-state index contributed by atoms with van der Waals surface area (Å²) in [7, 11) is -3.85. The molecule has 0 aliphatic carbocycles. The van der Waals surface area contributed by atoms with Crippen LogP contribution in [0.4, 0.5) is 13.2 Å². The number of nitrogens with one attached hydrogen (secondary N) is 2. The first-order valence-corrected chi connectivity index (χ1v) is 12.1. The van der Waals surface area contributed by atoms with E-state index in [2.05, 4.69) is 10.0 Å². The van der Waals surface area contributed by atoms with Crippen molar-refractivity contribution in [3.8, 4) is 0 Å². The van der Waals surface area contributed by atoms with E-state index in [0.29, 0.717) is 25.1 Å². The highest BCUT2D eigenvalue weighted by Crippen LogP contribution is 2.22. The van der Waals surface area contributed by atoms with E-state index in [1.165, 1.54) is 28.8 Å². The average Bonchev–Trinajstić information content (AvgIpc) is 3.09. The van der Waals surface area contributed by atoms with Gasteiger partial charge in [0, 0.05) is 13.1 Å². The van der Waals surface area contributed by atoms with Crippen molar-refractivity contribution < 1.29 is 26.4 Å². The van der Waals surface area contributed by atoms with Crippen LogP contribution in [-0.4, -0.2) is 69.6 Å². The SMILES string of the molecule is CSCC[C@H](NS(=O)(=O)c1ccccc1)C(=O)NC[C@@H]1CCN(CC(F)(F)F)C1. The largest absolute Gasteiger partial charge is 0.401 e. The van der Waals surface area contributed by atoms with E-state index in [1.807, 2.05) is 6.26 Å². The molecule has 6 nitrogen and oxygen atoms in total. The van der Waals surface area contributed by atoms with Gasteiger partial charge in [0.25, 0.3) is 0 Å². The van der Waals surface area contributed by atoms with Crippen LogP contribution in [0.3, 0.4) is 0 Å². The zero-order chi connectivity index (χ0) is 21.5.